The van der Waals surface area contributed by atoms with Gasteiger partial charge in [0.25, 0.3) is 5.91 Å². The molecule has 1 amide bonds. The molecule has 1 saturated heterocycles. The zero-order valence-corrected chi connectivity index (χ0v) is 21.4. The molecule has 34 heavy (non-hydrogen) atoms. The maximum atomic E-state index is 13.1. The number of benzene rings is 2. The minimum atomic E-state index is -0.288. The Hall–Kier alpha value is -2.71. The van der Waals surface area contributed by atoms with E-state index < -0.39 is 0 Å². The Kier molecular flexibility index (Phi) is 6.57. The SMILES string of the molecule is CC1CCN(c2ccc(C(=O)N[C@H]3C(C)(C)[C@H](Oc4ccc(C#N)c(Cl)c4)C3(C)C)cc2)CC1. The van der Waals surface area contributed by atoms with Crippen LogP contribution in [0.3, 0.4) is 0 Å². The van der Waals surface area contributed by atoms with Crippen molar-refractivity contribution in [1.29, 1.82) is 5.26 Å². The van der Waals surface area contributed by atoms with Gasteiger partial charge in [-0.3, -0.25) is 4.79 Å². The topological polar surface area (TPSA) is 65.4 Å². The summed E-state index contributed by atoms with van der Waals surface area (Å²) in [7, 11) is 0. The Morgan fingerprint density at radius 1 is 1.09 bits per heavy atom. The normalized spacial score (nSPS) is 23.5. The van der Waals surface area contributed by atoms with Crippen LogP contribution in [0.25, 0.3) is 0 Å². The molecule has 180 valence electrons. The largest absolute Gasteiger partial charge is 0.489 e. The fraction of sp³-hybridized carbons (Fsp3) is 0.500. The number of nitriles is 1. The van der Waals surface area contributed by atoms with Crippen LogP contribution in [0.1, 0.15) is 63.4 Å². The van der Waals surface area contributed by atoms with Crippen molar-refractivity contribution < 1.29 is 9.53 Å². The van der Waals surface area contributed by atoms with E-state index >= 15 is 0 Å². The van der Waals surface area contributed by atoms with E-state index in [1.807, 2.05) is 12.1 Å². The number of piperidine rings is 1. The van der Waals surface area contributed by atoms with Gasteiger partial charge >= 0.3 is 0 Å². The van der Waals surface area contributed by atoms with Crippen LogP contribution in [0, 0.1) is 28.1 Å². The van der Waals surface area contributed by atoms with E-state index in [4.69, 9.17) is 21.6 Å². The molecule has 0 unspecified atom stereocenters. The predicted octanol–water partition coefficient (Wildman–Crippen LogP) is 6.06. The molecule has 2 aliphatic rings. The standard InChI is InChI=1S/C28H34ClN3O2/c1-18-12-14-32(15-13-18)21-9-6-19(7-10-21)24(33)31-25-27(2,3)26(28(25,4)5)34-22-11-8-20(17-30)23(29)16-22/h6-11,16,18,25-26H,12-15H2,1-5H3,(H,31,33)/t25-,26-. The van der Waals surface area contributed by atoms with Gasteiger partial charge in [-0.15, -0.1) is 0 Å². The van der Waals surface area contributed by atoms with Crippen molar-refractivity contribution in [3.05, 3.63) is 58.6 Å². The van der Waals surface area contributed by atoms with Crippen LogP contribution in [0.2, 0.25) is 5.02 Å². The molecule has 0 spiro atoms. The minimum absolute atomic E-state index is 0.0605. The molecule has 0 aromatic heterocycles. The van der Waals surface area contributed by atoms with Gasteiger partial charge in [-0.25, -0.2) is 0 Å². The molecular weight excluding hydrogens is 446 g/mol. The highest BCUT2D eigenvalue weighted by Crippen LogP contribution is 2.55. The fourth-order valence-electron chi connectivity index (χ4n) is 5.90. The number of rotatable bonds is 5. The molecule has 2 aromatic carbocycles. The highest BCUT2D eigenvalue weighted by atomic mass is 35.5. The lowest BCUT2D eigenvalue weighted by atomic mass is 9.49. The van der Waals surface area contributed by atoms with Crippen LogP contribution in [-0.2, 0) is 0 Å². The number of ether oxygens (including phenoxy) is 1. The molecule has 1 saturated carbocycles. The van der Waals surface area contributed by atoms with Crippen molar-refractivity contribution in [2.24, 2.45) is 16.7 Å². The van der Waals surface area contributed by atoms with Crippen molar-refractivity contribution in [3.8, 4) is 11.8 Å². The Bertz CT molecular complexity index is 1080. The van der Waals surface area contributed by atoms with E-state index in [0.29, 0.717) is 21.9 Å². The van der Waals surface area contributed by atoms with Gasteiger partial charge in [0.1, 0.15) is 17.9 Å². The first-order valence-electron chi connectivity index (χ1n) is 12.1. The Morgan fingerprint density at radius 3 is 2.26 bits per heavy atom. The van der Waals surface area contributed by atoms with Crippen LogP contribution < -0.4 is 15.0 Å². The molecule has 0 atom stereocenters. The molecule has 0 radical (unpaired) electrons. The summed E-state index contributed by atoms with van der Waals surface area (Å²) in [5.41, 5.74) is 1.70. The number of nitrogens with zero attached hydrogens (tertiary/aromatic N) is 2. The van der Waals surface area contributed by atoms with Gasteiger partial charge in [0.2, 0.25) is 0 Å². The lowest BCUT2D eigenvalue weighted by Gasteiger charge is -2.63. The first kappa shape index (κ1) is 24.4. The number of hydrogen-bond acceptors (Lipinski definition) is 4. The summed E-state index contributed by atoms with van der Waals surface area (Å²) in [4.78, 5) is 15.5. The second-order valence-corrected chi connectivity index (χ2v) is 11.4. The Morgan fingerprint density at radius 2 is 1.71 bits per heavy atom. The molecule has 5 nitrogen and oxygen atoms in total. The molecule has 2 fully saturated rings. The minimum Gasteiger partial charge on any atom is -0.489 e. The van der Waals surface area contributed by atoms with E-state index in [-0.39, 0.29) is 28.9 Å². The van der Waals surface area contributed by atoms with E-state index in [1.165, 1.54) is 18.5 Å². The van der Waals surface area contributed by atoms with Crippen molar-refractivity contribution in [2.45, 2.75) is 59.6 Å². The maximum absolute atomic E-state index is 13.1. The van der Waals surface area contributed by atoms with E-state index in [1.54, 1.807) is 18.2 Å². The van der Waals surface area contributed by atoms with Crippen LogP contribution in [0.15, 0.2) is 42.5 Å². The fourth-order valence-corrected chi connectivity index (χ4v) is 6.11. The molecule has 1 N–H and O–H groups in total. The first-order valence-corrected chi connectivity index (χ1v) is 12.4. The summed E-state index contributed by atoms with van der Waals surface area (Å²) in [6.07, 6.45) is 2.30. The number of anilines is 1. The van der Waals surface area contributed by atoms with Crippen molar-refractivity contribution in [1.82, 2.24) is 5.32 Å². The van der Waals surface area contributed by atoms with Gasteiger partial charge in [0.05, 0.1) is 10.6 Å². The third-order valence-electron chi connectivity index (χ3n) is 7.71. The quantitative estimate of drug-likeness (QED) is 0.566. The van der Waals surface area contributed by atoms with E-state index in [9.17, 15) is 4.79 Å². The van der Waals surface area contributed by atoms with Gasteiger partial charge in [-0.2, -0.15) is 5.26 Å². The van der Waals surface area contributed by atoms with Gasteiger partial charge in [0, 0.05) is 47.3 Å². The number of amides is 1. The summed E-state index contributed by atoms with van der Waals surface area (Å²) < 4.78 is 6.32. The first-order chi connectivity index (χ1) is 16.0. The van der Waals surface area contributed by atoms with Gasteiger partial charge in [-0.1, -0.05) is 46.2 Å². The number of halogens is 1. The predicted molar refractivity (Wildman–Crippen MR) is 136 cm³/mol. The Balaban J connectivity index is 1.42. The average Bonchev–Trinajstić information content (AvgIpc) is 2.81. The second kappa shape index (κ2) is 9.15. The summed E-state index contributed by atoms with van der Waals surface area (Å²) >= 11 is 6.19. The molecule has 6 heteroatoms. The summed E-state index contributed by atoms with van der Waals surface area (Å²) in [6, 6.07) is 15.1. The third kappa shape index (κ3) is 4.49. The highest BCUT2D eigenvalue weighted by molar-refractivity contribution is 6.31. The second-order valence-electron chi connectivity index (χ2n) is 11.0. The van der Waals surface area contributed by atoms with Crippen molar-refractivity contribution in [3.63, 3.8) is 0 Å². The zero-order chi connectivity index (χ0) is 24.7. The molecular formula is C28H34ClN3O2. The zero-order valence-electron chi connectivity index (χ0n) is 20.7. The van der Waals surface area contributed by atoms with Crippen LogP contribution >= 0.6 is 11.6 Å². The molecule has 4 rings (SSSR count). The Labute approximate surface area is 208 Å². The molecule has 0 bridgehead atoms. The average molecular weight is 480 g/mol. The monoisotopic (exact) mass is 479 g/mol. The van der Waals surface area contributed by atoms with Crippen molar-refractivity contribution >= 4 is 23.2 Å². The summed E-state index contributed by atoms with van der Waals surface area (Å²) in [6.45, 7) is 12.9. The maximum Gasteiger partial charge on any atom is 0.251 e. The number of carbonyl (C=O) groups is 1. The lowest BCUT2D eigenvalue weighted by molar-refractivity contribution is -0.164. The summed E-state index contributed by atoms with van der Waals surface area (Å²) in [5, 5.41) is 12.7. The number of carbonyl (C=O) groups excluding carboxylic acids is 1. The lowest BCUT2D eigenvalue weighted by Crippen LogP contribution is -2.74. The molecule has 1 heterocycles. The van der Waals surface area contributed by atoms with E-state index in [2.05, 4.69) is 63.0 Å². The number of nitrogens with one attached hydrogen (secondary N) is 1. The number of hydrogen-bond donors (Lipinski definition) is 1. The van der Waals surface area contributed by atoms with Crippen LogP contribution in [0.5, 0.6) is 5.75 Å². The van der Waals surface area contributed by atoms with Gasteiger partial charge < -0.3 is 15.0 Å². The third-order valence-corrected chi connectivity index (χ3v) is 8.02. The molecule has 2 aromatic rings. The molecule has 1 aliphatic heterocycles. The van der Waals surface area contributed by atoms with Gasteiger partial charge in [0.15, 0.2) is 0 Å². The van der Waals surface area contributed by atoms with Gasteiger partial charge in [-0.05, 0) is 55.2 Å². The molecule has 1 aliphatic carbocycles. The van der Waals surface area contributed by atoms with Crippen LogP contribution in [0.4, 0.5) is 5.69 Å². The van der Waals surface area contributed by atoms with Crippen LogP contribution in [-0.4, -0.2) is 31.1 Å². The highest BCUT2D eigenvalue weighted by Gasteiger charge is 2.64. The van der Waals surface area contributed by atoms with E-state index in [0.717, 1.165) is 19.0 Å². The van der Waals surface area contributed by atoms with Crippen molar-refractivity contribution in [2.75, 3.05) is 18.0 Å². The summed E-state index contributed by atoms with van der Waals surface area (Å²) in [5.74, 6) is 1.35. The smallest absolute Gasteiger partial charge is 0.251 e.